The maximum atomic E-state index is 12.5. The van der Waals surface area contributed by atoms with Gasteiger partial charge in [-0.1, -0.05) is 19.9 Å². The average molecular weight is 431 g/mol. The second kappa shape index (κ2) is 11.5. The Morgan fingerprint density at radius 2 is 1.86 bits per heavy atom. The molecule has 0 unspecified atom stereocenters. The predicted octanol–water partition coefficient (Wildman–Crippen LogP) is 2.15. The van der Waals surface area contributed by atoms with E-state index in [0.29, 0.717) is 12.1 Å². The fraction of sp³-hybridized carbons (Fsp3) is 0.579. The molecule has 0 fully saturated rings. The summed E-state index contributed by atoms with van der Waals surface area (Å²) in [6.07, 6.45) is 0. The number of hydrogen-bond donors (Lipinski definition) is 1. The molecule has 0 radical (unpaired) electrons. The molecule has 0 aliphatic rings. The van der Waals surface area contributed by atoms with E-state index in [1.54, 1.807) is 19.1 Å². The fourth-order valence-electron chi connectivity index (χ4n) is 2.43. The molecule has 0 aromatic heterocycles. The summed E-state index contributed by atoms with van der Waals surface area (Å²) in [6, 6.07) is 4.40. The summed E-state index contributed by atoms with van der Waals surface area (Å²) in [6.45, 7) is 7.72. The Balaban J connectivity index is 3.00. The fourth-order valence-corrected chi connectivity index (χ4v) is 2.95. The van der Waals surface area contributed by atoms with Crippen molar-refractivity contribution in [1.82, 2.24) is 10.2 Å². The van der Waals surface area contributed by atoms with Gasteiger partial charge in [-0.3, -0.25) is 4.79 Å². The molecule has 0 heterocycles. The van der Waals surface area contributed by atoms with E-state index in [4.69, 9.17) is 13.7 Å². The van der Waals surface area contributed by atoms with E-state index in [1.807, 2.05) is 13.8 Å². The molecule has 0 bridgehead atoms. The normalized spacial score (nSPS) is 11.1. The van der Waals surface area contributed by atoms with Crippen molar-refractivity contribution in [3.8, 4) is 11.5 Å². The van der Waals surface area contributed by atoms with Crippen molar-refractivity contribution in [1.29, 1.82) is 0 Å². The van der Waals surface area contributed by atoms with Crippen LogP contribution in [-0.4, -0.2) is 57.9 Å². The number of rotatable bonds is 11. The molecule has 9 nitrogen and oxygen atoms in total. The monoisotopic (exact) mass is 430 g/mol. The number of nitrogens with one attached hydrogen (secondary N) is 1. The third kappa shape index (κ3) is 8.59. The highest BCUT2D eigenvalue weighted by molar-refractivity contribution is 7.87. The highest BCUT2D eigenvalue weighted by Gasteiger charge is 2.19. The zero-order valence-electron chi connectivity index (χ0n) is 17.6. The number of benzene rings is 1. The molecule has 0 aliphatic heterocycles. The lowest BCUT2D eigenvalue weighted by Gasteiger charge is -2.25. The molecule has 1 aromatic rings. The van der Waals surface area contributed by atoms with E-state index in [2.05, 4.69) is 5.32 Å². The van der Waals surface area contributed by atoms with Crippen molar-refractivity contribution in [2.45, 2.75) is 34.2 Å². The van der Waals surface area contributed by atoms with Crippen LogP contribution in [0.1, 0.15) is 33.3 Å². The number of amides is 2. The number of methoxy groups -OCH3 is 1. The first-order valence-corrected chi connectivity index (χ1v) is 11.0. The van der Waals surface area contributed by atoms with Gasteiger partial charge < -0.3 is 23.9 Å². The minimum atomic E-state index is -3.73. The van der Waals surface area contributed by atoms with Crippen molar-refractivity contribution in [2.24, 2.45) is 5.92 Å². The van der Waals surface area contributed by atoms with E-state index in [0.717, 1.165) is 0 Å². The van der Waals surface area contributed by atoms with Gasteiger partial charge in [0.05, 0.1) is 19.5 Å². The zero-order valence-corrected chi connectivity index (χ0v) is 18.4. The summed E-state index contributed by atoms with van der Waals surface area (Å²) in [5.74, 6) is -0.194. The molecule has 1 aromatic carbocycles. The summed E-state index contributed by atoms with van der Waals surface area (Å²) in [5.41, 5.74) is 0.652. The van der Waals surface area contributed by atoms with Gasteiger partial charge in [0, 0.05) is 13.1 Å². The van der Waals surface area contributed by atoms with Gasteiger partial charge in [0.25, 0.3) is 0 Å². The molecule has 0 saturated carbocycles. The van der Waals surface area contributed by atoms with Crippen LogP contribution in [0.15, 0.2) is 18.2 Å². The molecule has 0 saturated heterocycles. The number of esters is 1. The molecule has 0 atom stereocenters. The van der Waals surface area contributed by atoms with Crippen molar-refractivity contribution in [2.75, 3.05) is 32.6 Å². The van der Waals surface area contributed by atoms with Crippen molar-refractivity contribution < 1.29 is 31.7 Å². The highest BCUT2D eigenvalue weighted by atomic mass is 32.2. The Hall–Kier alpha value is -2.49. The Bertz CT molecular complexity index is 794. The number of carbonyl (C=O) groups is 2. The quantitative estimate of drug-likeness (QED) is 0.423. The van der Waals surface area contributed by atoms with E-state index in [9.17, 15) is 18.0 Å². The van der Waals surface area contributed by atoms with Crippen LogP contribution in [-0.2, 0) is 26.2 Å². The van der Waals surface area contributed by atoms with Crippen LogP contribution in [0.3, 0.4) is 0 Å². The third-order valence-electron chi connectivity index (χ3n) is 3.73. The van der Waals surface area contributed by atoms with Crippen LogP contribution < -0.4 is 14.2 Å². The minimum absolute atomic E-state index is 0.0586. The summed E-state index contributed by atoms with van der Waals surface area (Å²) >= 11 is 0. The van der Waals surface area contributed by atoms with Crippen LogP contribution in [0.25, 0.3) is 0 Å². The van der Waals surface area contributed by atoms with Crippen LogP contribution >= 0.6 is 0 Å². The standard InChI is InChI=1S/C19H30N2O7S/c1-6-27-18(22)11-20-19(23)21(12-14(3)4)13-15-8-9-16(26-5)17(10-15)28-29(24,25)7-2/h8-10,14H,6-7,11-13H2,1-5H3,(H,20,23). The van der Waals surface area contributed by atoms with Gasteiger partial charge in [0.15, 0.2) is 11.5 Å². The van der Waals surface area contributed by atoms with Gasteiger partial charge in [-0.05, 0) is 37.5 Å². The number of ether oxygens (including phenoxy) is 2. The summed E-state index contributed by atoms with van der Waals surface area (Å²) < 4.78 is 38.7. The van der Waals surface area contributed by atoms with Gasteiger partial charge in [-0.25, -0.2) is 4.79 Å². The van der Waals surface area contributed by atoms with Crippen molar-refractivity contribution >= 4 is 22.1 Å². The Morgan fingerprint density at radius 3 is 2.41 bits per heavy atom. The summed E-state index contributed by atoms with van der Waals surface area (Å²) in [4.78, 5) is 25.5. The topological polar surface area (TPSA) is 111 Å². The van der Waals surface area contributed by atoms with Gasteiger partial charge in [-0.15, -0.1) is 0 Å². The van der Waals surface area contributed by atoms with Gasteiger partial charge in [0.1, 0.15) is 6.54 Å². The predicted molar refractivity (Wildman–Crippen MR) is 108 cm³/mol. The summed E-state index contributed by atoms with van der Waals surface area (Å²) in [7, 11) is -2.32. The number of hydrogen-bond acceptors (Lipinski definition) is 7. The first-order valence-electron chi connectivity index (χ1n) is 9.39. The minimum Gasteiger partial charge on any atom is -0.493 e. The molecule has 29 heavy (non-hydrogen) atoms. The van der Waals surface area contributed by atoms with Crippen LogP contribution in [0.5, 0.6) is 11.5 Å². The van der Waals surface area contributed by atoms with Gasteiger partial charge in [-0.2, -0.15) is 8.42 Å². The molecule has 0 spiro atoms. The van der Waals surface area contributed by atoms with E-state index >= 15 is 0 Å². The molecule has 1 rings (SSSR count). The van der Waals surface area contributed by atoms with Crippen molar-refractivity contribution in [3.63, 3.8) is 0 Å². The third-order valence-corrected chi connectivity index (χ3v) is 4.87. The lowest BCUT2D eigenvalue weighted by atomic mass is 10.1. The van der Waals surface area contributed by atoms with Gasteiger partial charge in [0.2, 0.25) is 0 Å². The smallest absolute Gasteiger partial charge is 0.325 e. The Labute approximate surface area is 172 Å². The molecule has 2 amide bonds. The van der Waals surface area contributed by atoms with E-state index in [1.165, 1.54) is 25.0 Å². The molecular formula is C19H30N2O7S. The van der Waals surface area contributed by atoms with Gasteiger partial charge >= 0.3 is 22.1 Å². The maximum absolute atomic E-state index is 12.5. The average Bonchev–Trinajstić information content (AvgIpc) is 2.65. The zero-order chi connectivity index (χ0) is 22.0. The SMILES string of the molecule is CCOC(=O)CNC(=O)N(Cc1ccc(OC)c(OS(=O)(=O)CC)c1)CC(C)C. The number of urea groups is 1. The Kier molecular flexibility index (Phi) is 9.73. The molecular weight excluding hydrogens is 400 g/mol. The molecule has 1 N–H and O–H groups in total. The van der Waals surface area contributed by atoms with Crippen LogP contribution in [0.2, 0.25) is 0 Å². The maximum Gasteiger partial charge on any atom is 0.325 e. The van der Waals surface area contributed by atoms with E-state index < -0.39 is 22.1 Å². The number of nitrogens with zero attached hydrogens (tertiary/aromatic N) is 1. The van der Waals surface area contributed by atoms with Crippen LogP contribution in [0, 0.1) is 5.92 Å². The van der Waals surface area contributed by atoms with Crippen LogP contribution in [0.4, 0.5) is 4.79 Å². The Morgan fingerprint density at radius 1 is 1.17 bits per heavy atom. The molecule has 0 aliphatic carbocycles. The number of carbonyl (C=O) groups excluding carboxylic acids is 2. The van der Waals surface area contributed by atoms with Crippen molar-refractivity contribution in [3.05, 3.63) is 23.8 Å². The molecule has 164 valence electrons. The second-order valence-electron chi connectivity index (χ2n) is 6.65. The lowest BCUT2D eigenvalue weighted by molar-refractivity contribution is -0.141. The van der Waals surface area contributed by atoms with E-state index in [-0.39, 0.29) is 42.9 Å². The first kappa shape index (κ1) is 24.5. The first-order chi connectivity index (χ1) is 13.6. The second-order valence-corrected chi connectivity index (χ2v) is 8.51. The largest absolute Gasteiger partial charge is 0.493 e. The highest BCUT2D eigenvalue weighted by Crippen LogP contribution is 2.30. The molecule has 10 heteroatoms. The lowest BCUT2D eigenvalue weighted by Crippen LogP contribution is -2.43. The summed E-state index contributed by atoms with van der Waals surface area (Å²) in [5, 5.41) is 2.54.